The van der Waals surface area contributed by atoms with Crippen molar-refractivity contribution in [2.45, 2.75) is 32.1 Å². The molecule has 0 amide bonds. The molecule has 142 valence electrons. The summed E-state index contributed by atoms with van der Waals surface area (Å²) in [6.45, 7) is 3.82. The number of phenols is 2. The van der Waals surface area contributed by atoms with Gasteiger partial charge in [-0.1, -0.05) is 13.8 Å². The van der Waals surface area contributed by atoms with Crippen LogP contribution in [0, 0.1) is 10.1 Å². The maximum atomic E-state index is 12.2. The molecule has 3 aromatic rings. The fraction of sp³-hybridized carbons (Fsp3) is 0.316. The molecule has 2 N–H and O–H groups in total. The first-order chi connectivity index (χ1) is 12.7. The molecule has 0 unspecified atom stereocenters. The Balaban J connectivity index is 2.05. The van der Waals surface area contributed by atoms with Crippen LogP contribution in [0.2, 0.25) is 0 Å². The first-order valence-electron chi connectivity index (χ1n) is 8.39. The van der Waals surface area contributed by atoms with Gasteiger partial charge in [0.05, 0.1) is 17.4 Å². The van der Waals surface area contributed by atoms with Crippen LogP contribution in [0.5, 0.6) is 11.5 Å². The van der Waals surface area contributed by atoms with Crippen LogP contribution < -0.4 is 5.63 Å². The lowest BCUT2D eigenvalue weighted by molar-refractivity contribution is -0.757. The van der Waals surface area contributed by atoms with Crippen molar-refractivity contribution in [1.82, 2.24) is 0 Å². The van der Waals surface area contributed by atoms with Gasteiger partial charge in [-0.2, -0.15) is 0 Å². The second kappa shape index (κ2) is 6.79. The minimum absolute atomic E-state index is 0.0189. The topological polar surface area (TPSA) is 123 Å². The summed E-state index contributed by atoms with van der Waals surface area (Å²) >= 11 is 0. The lowest BCUT2D eigenvalue weighted by atomic mass is 9.80. The average molecular weight is 373 g/mol. The molecule has 1 heterocycles. The fourth-order valence-corrected chi connectivity index (χ4v) is 3.21. The summed E-state index contributed by atoms with van der Waals surface area (Å²) in [6, 6.07) is 7.50. The van der Waals surface area contributed by atoms with Gasteiger partial charge in [0, 0.05) is 5.39 Å². The highest BCUT2D eigenvalue weighted by atomic mass is 16.9. The standard InChI is InChI=1S/C19H19NO7/c1-19(2,6-3-7-26-20(24)25)11-8-15(22)17-14-10-12(21)4-5-13(14)18(23)27-16(17)9-11/h4-5,8-10,21-22H,3,6-7H2,1-2H3. The smallest absolute Gasteiger partial charge is 0.344 e. The van der Waals surface area contributed by atoms with Gasteiger partial charge in [-0.05, 0) is 54.2 Å². The molecule has 8 heteroatoms. The van der Waals surface area contributed by atoms with E-state index in [0.717, 1.165) is 5.56 Å². The Bertz CT molecular complexity index is 1080. The number of fused-ring (bicyclic) bond motifs is 3. The lowest BCUT2D eigenvalue weighted by Gasteiger charge is -2.25. The number of hydrogen-bond donors (Lipinski definition) is 2. The van der Waals surface area contributed by atoms with E-state index in [1.54, 1.807) is 12.1 Å². The van der Waals surface area contributed by atoms with Crippen LogP contribution in [0.3, 0.4) is 0 Å². The molecule has 0 saturated carbocycles. The van der Waals surface area contributed by atoms with Crippen LogP contribution in [0.25, 0.3) is 21.7 Å². The van der Waals surface area contributed by atoms with Gasteiger partial charge in [-0.15, -0.1) is 10.1 Å². The Morgan fingerprint density at radius 1 is 1.19 bits per heavy atom. The highest BCUT2D eigenvalue weighted by Crippen LogP contribution is 2.38. The lowest BCUT2D eigenvalue weighted by Crippen LogP contribution is -2.18. The van der Waals surface area contributed by atoms with Gasteiger partial charge in [0.25, 0.3) is 5.09 Å². The van der Waals surface area contributed by atoms with E-state index in [1.807, 2.05) is 13.8 Å². The molecule has 3 rings (SSSR count). The second-order valence-corrected chi connectivity index (χ2v) is 7.03. The molecule has 0 saturated heterocycles. The monoisotopic (exact) mass is 373 g/mol. The third-order valence-electron chi connectivity index (χ3n) is 4.70. The molecule has 0 aliphatic heterocycles. The quantitative estimate of drug-likeness (QED) is 0.222. The van der Waals surface area contributed by atoms with Gasteiger partial charge in [0.15, 0.2) is 0 Å². The summed E-state index contributed by atoms with van der Waals surface area (Å²) in [6.07, 6.45) is 1.01. The van der Waals surface area contributed by atoms with Crippen LogP contribution in [0.1, 0.15) is 32.3 Å². The van der Waals surface area contributed by atoms with E-state index in [1.165, 1.54) is 18.2 Å². The van der Waals surface area contributed by atoms with Gasteiger partial charge < -0.3 is 19.5 Å². The second-order valence-electron chi connectivity index (χ2n) is 7.03. The third kappa shape index (κ3) is 3.64. The average Bonchev–Trinajstić information content (AvgIpc) is 2.58. The Labute approximate surface area is 153 Å². The summed E-state index contributed by atoms with van der Waals surface area (Å²) in [5, 5.41) is 30.7. The largest absolute Gasteiger partial charge is 0.508 e. The molecule has 8 nitrogen and oxygen atoms in total. The zero-order chi connectivity index (χ0) is 19.8. The summed E-state index contributed by atoms with van der Waals surface area (Å²) < 4.78 is 5.38. The maximum absolute atomic E-state index is 12.2. The first kappa shape index (κ1) is 18.5. The van der Waals surface area contributed by atoms with E-state index >= 15 is 0 Å². The summed E-state index contributed by atoms with van der Waals surface area (Å²) in [7, 11) is 0. The number of rotatable bonds is 6. The highest BCUT2D eigenvalue weighted by Gasteiger charge is 2.23. The van der Waals surface area contributed by atoms with Crippen molar-refractivity contribution >= 4 is 21.7 Å². The molecular formula is C19H19NO7. The van der Waals surface area contributed by atoms with Crippen molar-refractivity contribution in [2.75, 3.05) is 6.61 Å². The Hall–Kier alpha value is -3.29. The molecule has 1 aromatic heterocycles. The molecule has 0 aliphatic rings. The zero-order valence-corrected chi connectivity index (χ0v) is 14.9. The Morgan fingerprint density at radius 3 is 2.63 bits per heavy atom. The predicted molar refractivity (Wildman–Crippen MR) is 98.5 cm³/mol. The predicted octanol–water partition coefficient (Wildman–Crippen LogP) is 3.62. The van der Waals surface area contributed by atoms with E-state index < -0.39 is 16.1 Å². The van der Waals surface area contributed by atoms with Crippen LogP contribution >= 0.6 is 0 Å². The van der Waals surface area contributed by atoms with Crippen LogP contribution in [-0.2, 0) is 10.3 Å². The molecule has 2 aromatic carbocycles. The molecule has 27 heavy (non-hydrogen) atoms. The van der Waals surface area contributed by atoms with Crippen molar-refractivity contribution in [3.05, 3.63) is 56.4 Å². The zero-order valence-electron chi connectivity index (χ0n) is 14.9. The van der Waals surface area contributed by atoms with Gasteiger partial charge >= 0.3 is 5.63 Å². The van der Waals surface area contributed by atoms with Crippen LogP contribution in [-0.4, -0.2) is 21.9 Å². The molecule has 0 bridgehead atoms. The molecule has 0 radical (unpaired) electrons. The minimum atomic E-state index is -0.829. The van der Waals surface area contributed by atoms with Crippen molar-refractivity contribution in [3.63, 3.8) is 0 Å². The van der Waals surface area contributed by atoms with Crippen molar-refractivity contribution < 1.29 is 24.6 Å². The van der Waals surface area contributed by atoms with Crippen LogP contribution in [0.15, 0.2) is 39.5 Å². The van der Waals surface area contributed by atoms with E-state index in [4.69, 9.17) is 4.42 Å². The number of hydrogen-bond acceptors (Lipinski definition) is 7. The van der Waals surface area contributed by atoms with E-state index in [-0.39, 0.29) is 29.1 Å². The van der Waals surface area contributed by atoms with Crippen molar-refractivity contribution in [3.8, 4) is 11.5 Å². The SMILES string of the molecule is CC(C)(CCCO[N+](=O)[O-])c1cc(O)c2c(c1)oc(=O)c1ccc(O)cc12. The van der Waals surface area contributed by atoms with Gasteiger partial charge in [0.1, 0.15) is 17.1 Å². The normalized spacial score (nSPS) is 11.8. The first-order valence-corrected chi connectivity index (χ1v) is 8.39. The van der Waals surface area contributed by atoms with Crippen molar-refractivity contribution in [2.24, 2.45) is 0 Å². The van der Waals surface area contributed by atoms with E-state index in [9.17, 15) is 25.1 Å². The third-order valence-corrected chi connectivity index (χ3v) is 4.70. The van der Waals surface area contributed by atoms with Gasteiger partial charge in [-0.25, -0.2) is 4.79 Å². The van der Waals surface area contributed by atoms with Crippen molar-refractivity contribution in [1.29, 1.82) is 0 Å². The molecule has 0 atom stereocenters. The summed E-state index contributed by atoms with van der Waals surface area (Å²) in [4.78, 5) is 26.8. The number of phenolic OH excluding ortho intramolecular Hbond substituents is 2. The Kier molecular flexibility index (Phi) is 4.65. The molecule has 0 fully saturated rings. The minimum Gasteiger partial charge on any atom is -0.508 e. The molecular weight excluding hydrogens is 354 g/mol. The number of benzene rings is 2. The Morgan fingerprint density at radius 2 is 1.93 bits per heavy atom. The summed E-state index contributed by atoms with van der Waals surface area (Å²) in [5.74, 6) is -0.0968. The molecule has 0 spiro atoms. The van der Waals surface area contributed by atoms with E-state index in [2.05, 4.69) is 4.84 Å². The number of aromatic hydroxyl groups is 2. The highest BCUT2D eigenvalue weighted by molar-refractivity contribution is 6.08. The fourth-order valence-electron chi connectivity index (χ4n) is 3.21. The summed E-state index contributed by atoms with van der Waals surface area (Å²) in [5.41, 5.74) is -0.0805. The van der Waals surface area contributed by atoms with Crippen LogP contribution in [0.4, 0.5) is 0 Å². The van der Waals surface area contributed by atoms with Gasteiger partial charge in [0.2, 0.25) is 0 Å². The van der Waals surface area contributed by atoms with Gasteiger partial charge in [-0.3, -0.25) is 0 Å². The number of nitrogens with zero attached hydrogens (tertiary/aromatic N) is 1. The van der Waals surface area contributed by atoms with E-state index in [0.29, 0.717) is 23.6 Å². The molecule has 0 aliphatic carbocycles. The maximum Gasteiger partial charge on any atom is 0.344 e.